The van der Waals surface area contributed by atoms with Crippen molar-refractivity contribution in [2.24, 2.45) is 0 Å². The van der Waals surface area contributed by atoms with Crippen LogP contribution in [0.15, 0.2) is 36.7 Å². The number of hydrogen-bond donors (Lipinski definition) is 0. The monoisotopic (exact) mass is 185 g/mol. The van der Waals surface area contributed by atoms with Crippen molar-refractivity contribution in [1.29, 1.82) is 0 Å². The molecule has 3 nitrogen and oxygen atoms in total. The molecule has 0 fully saturated rings. The van der Waals surface area contributed by atoms with Gasteiger partial charge in [0.15, 0.2) is 6.33 Å². The molecule has 1 radical (unpaired) electrons. The number of methoxy groups -OCH3 is 1. The predicted octanol–water partition coefficient (Wildman–Crippen LogP) is 1.95. The number of benzene rings is 1. The van der Waals surface area contributed by atoms with Gasteiger partial charge < -0.3 is 4.74 Å². The summed E-state index contributed by atoms with van der Waals surface area (Å²) in [5.41, 5.74) is 2.00. The van der Waals surface area contributed by atoms with Crippen LogP contribution in [-0.2, 0) is 0 Å². The maximum absolute atomic E-state index is 5.13. The fourth-order valence-corrected chi connectivity index (χ4v) is 1.22. The van der Waals surface area contributed by atoms with Gasteiger partial charge in [0, 0.05) is 18.0 Å². The van der Waals surface area contributed by atoms with E-state index >= 15 is 0 Å². The van der Waals surface area contributed by atoms with E-state index in [9.17, 15) is 0 Å². The summed E-state index contributed by atoms with van der Waals surface area (Å²) < 4.78 is 5.13. The molecule has 14 heavy (non-hydrogen) atoms. The normalized spacial score (nSPS) is 9.79. The minimum Gasteiger partial charge on any atom is -0.497 e. The van der Waals surface area contributed by atoms with Crippen molar-refractivity contribution < 1.29 is 4.74 Å². The van der Waals surface area contributed by atoms with Crippen molar-refractivity contribution in [2.45, 2.75) is 0 Å². The highest BCUT2D eigenvalue weighted by Gasteiger charge is 1.98. The van der Waals surface area contributed by atoms with Crippen molar-refractivity contribution in [1.82, 2.24) is 9.97 Å². The van der Waals surface area contributed by atoms with Gasteiger partial charge in [-0.15, -0.1) is 0 Å². The zero-order valence-electron chi connectivity index (χ0n) is 7.77. The Morgan fingerprint density at radius 3 is 2.64 bits per heavy atom. The minimum absolute atomic E-state index is 0.829. The number of hydrogen-bond acceptors (Lipinski definition) is 3. The van der Waals surface area contributed by atoms with Crippen molar-refractivity contribution in [2.75, 3.05) is 7.11 Å². The molecular weight excluding hydrogens is 176 g/mol. The summed E-state index contributed by atoms with van der Waals surface area (Å²) >= 11 is 0. The molecule has 0 unspecified atom stereocenters. The Kier molecular flexibility index (Phi) is 2.40. The van der Waals surface area contributed by atoms with Crippen LogP contribution in [0.4, 0.5) is 0 Å². The molecule has 0 aliphatic carbocycles. The Morgan fingerprint density at radius 1 is 1.14 bits per heavy atom. The van der Waals surface area contributed by atoms with E-state index < -0.39 is 0 Å². The van der Waals surface area contributed by atoms with E-state index in [2.05, 4.69) is 16.3 Å². The molecule has 2 aromatic rings. The lowest BCUT2D eigenvalue weighted by Crippen LogP contribution is -1.85. The lowest BCUT2D eigenvalue weighted by Gasteiger charge is -2.02. The Morgan fingerprint density at radius 2 is 1.93 bits per heavy atom. The fourth-order valence-electron chi connectivity index (χ4n) is 1.22. The number of ether oxygens (including phenoxy) is 1. The van der Waals surface area contributed by atoms with Crippen LogP contribution in [0.2, 0.25) is 0 Å². The molecule has 0 bridgehead atoms. The number of nitrogens with zero attached hydrogens (tertiary/aromatic N) is 2. The van der Waals surface area contributed by atoms with Gasteiger partial charge in [-0.1, -0.05) is 12.1 Å². The average molecular weight is 185 g/mol. The van der Waals surface area contributed by atoms with Gasteiger partial charge in [-0.05, 0) is 17.7 Å². The highest BCUT2D eigenvalue weighted by molar-refractivity contribution is 5.62. The Balaban J connectivity index is 2.42. The van der Waals surface area contributed by atoms with Crippen LogP contribution < -0.4 is 4.74 Å². The van der Waals surface area contributed by atoms with Gasteiger partial charge in [0.25, 0.3) is 0 Å². The highest BCUT2D eigenvalue weighted by Crippen LogP contribution is 2.21. The van der Waals surface area contributed by atoms with Gasteiger partial charge in [0.05, 0.1) is 7.11 Å². The number of rotatable bonds is 2. The molecule has 3 heteroatoms. The molecule has 0 atom stereocenters. The van der Waals surface area contributed by atoms with Gasteiger partial charge in [-0.25, -0.2) is 9.97 Å². The van der Waals surface area contributed by atoms with Crippen LogP contribution in [0.5, 0.6) is 5.75 Å². The van der Waals surface area contributed by atoms with E-state index in [1.165, 1.54) is 0 Å². The molecule has 2 rings (SSSR count). The van der Waals surface area contributed by atoms with Gasteiger partial charge in [0.1, 0.15) is 5.75 Å². The first-order chi connectivity index (χ1) is 6.90. The Bertz CT molecular complexity index is 415. The summed E-state index contributed by atoms with van der Waals surface area (Å²) in [5.74, 6) is 0.829. The summed E-state index contributed by atoms with van der Waals surface area (Å²) in [6, 6.07) is 7.77. The van der Waals surface area contributed by atoms with Crippen LogP contribution in [0.25, 0.3) is 11.1 Å². The van der Waals surface area contributed by atoms with Crippen molar-refractivity contribution >= 4 is 0 Å². The molecule has 1 heterocycles. The highest BCUT2D eigenvalue weighted by atomic mass is 16.5. The molecule has 69 valence electrons. The average Bonchev–Trinajstić information content (AvgIpc) is 2.30. The quantitative estimate of drug-likeness (QED) is 0.717. The second-order valence-corrected chi connectivity index (χ2v) is 2.80. The standard InChI is InChI=1S/C11H9N2O/c1-14-11-4-2-3-9(5-11)10-6-12-8-13-7-10/h2-7H,1H3. The Hall–Kier alpha value is -1.90. The molecule has 0 amide bonds. The van der Waals surface area contributed by atoms with Crippen molar-refractivity contribution in [3.05, 3.63) is 43.0 Å². The zero-order valence-corrected chi connectivity index (χ0v) is 7.77. The van der Waals surface area contributed by atoms with E-state index in [0.29, 0.717) is 0 Å². The summed E-state index contributed by atoms with van der Waals surface area (Å²) in [4.78, 5) is 7.68. The van der Waals surface area contributed by atoms with E-state index in [-0.39, 0.29) is 0 Å². The van der Waals surface area contributed by atoms with Gasteiger partial charge >= 0.3 is 0 Å². The van der Waals surface area contributed by atoms with Gasteiger partial charge in [-0.2, -0.15) is 0 Å². The summed E-state index contributed by atoms with van der Waals surface area (Å²) in [5, 5.41) is 0. The van der Waals surface area contributed by atoms with Crippen molar-refractivity contribution in [3.8, 4) is 16.9 Å². The molecule has 0 N–H and O–H groups in total. The first-order valence-electron chi connectivity index (χ1n) is 4.22. The molecule has 0 saturated carbocycles. The maximum Gasteiger partial charge on any atom is 0.197 e. The van der Waals surface area contributed by atoms with E-state index in [0.717, 1.165) is 16.9 Å². The second-order valence-electron chi connectivity index (χ2n) is 2.80. The second kappa shape index (κ2) is 3.87. The predicted molar refractivity (Wildman–Crippen MR) is 52.9 cm³/mol. The van der Waals surface area contributed by atoms with Crippen LogP contribution in [0.3, 0.4) is 0 Å². The lowest BCUT2D eigenvalue weighted by molar-refractivity contribution is 0.415. The summed E-state index contributed by atoms with van der Waals surface area (Å²) in [6.45, 7) is 0. The van der Waals surface area contributed by atoms with Crippen LogP contribution >= 0.6 is 0 Å². The van der Waals surface area contributed by atoms with Crippen molar-refractivity contribution in [3.63, 3.8) is 0 Å². The van der Waals surface area contributed by atoms with Crippen LogP contribution in [0.1, 0.15) is 0 Å². The Labute approximate surface area is 82.4 Å². The third-order valence-corrected chi connectivity index (χ3v) is 1.93. The molecule has 0 aliphatic rings. The summed E-state index contributed by atoms with van der Waals surface area (Å²) in [7, 11) is 1.65. The van der Waals surface area contributed by atoms with E-state index in [1.54, 1.807) is 19.5 Å². The van der Waals surface area contributed by atoms with E-state index in [4.69, 9.17) is 4.74 Å². The maximum atomic E-state index is 5.13. The minimum atomic E-state index is 0.829. The molecule has 1 aromatic heterocycles. The first-order valence-corrected chi connectivity index (χ1v) is 4.22. The zero-order chi connectivity index (χ0) is 9.80. The topological polar surface area (TPSA) is 35.0 Å². The third kappa shape index (κ3) is 1.71. The van der Waals surface area contributed by atoms with Crippen LogP contribution in [-0.4, -0.2) is 17.1 Å². The third-order valence-electron chi connectivity index (χ3n) is 1.93. The first kappa shape index (κ1) is 8.69. The molecule has 1 aromatic carbocycles. The lowest BCUT2D eigenvalue weighted by atomic mass is 10.1. The smallest absolute Gasteiger partial charge is 0.197 e. The van der Waals surface area contributed by atoms with E-state index in [1.807, 2.05) is 24.3 Å². The molecule has 0 aliphatic heterocycles. The number of aromatic nitrogens is 2. The van der Waals surface area contributed by atoms with Gasteiger partial charge in [-0.3, -0.25) is 0 Å². The molecule has 0 spiro atoms. The SMILES string of the molecule is COc1cccc(-c2cn[c]nc2)c1. The molecular formula is C11H9N2O. The fraction of sp³-hybridized carbons (Fsp3) is 0.0909. The largest absolute Gasteiger partial charge is 0.497 e. The van der Waals surface area contributed by atoms with Gasteiger partial charge in [0.2, 0.25) is 0 Å². The molecule has 0 saturated heterocycles. The summed E-state index contributed by atoms with van der Waals surface area (Å²) in [6.07, 6.45) is 5.95. The van der Waals surface area contributed by atoms with Crippen LogP contribution in [0, 0.1) is 6.33 Å².